The van der Waals surface area contributed by atoms with Gasteiger partial charge in [-0.15, -0.1) is 0 Å². The highest BCUT2D eigenvalue weighted by Crippen LogP contribution is 2.29. The number of β-amino-alcohol motifs (C(OH)–C–C–N with tert-alkyl or cyclic N) is 1. The summed E-state index contributed by atoms with van der Waals surface area (Å²) in [4.78, 5) is 24.5. The number of hydrogen-bond donors (Lipinski definition) is 2. The highest BCUT2D eigenvalue weighted by molar-refractivity contribution is 6.43. The summed E-state index contributed by atoms with van der Waals surface area (Å²) in [5.74, 6) is -1.69. The number of carbonyl (C=O) groups excluding carboxylic acids is 1. The van der Waals surface area contributed by atoms with Gasteiger partial charge in [0, 0.05) is 13.0 Å². The van der Waals surface area contributed by atoms with Gasteiger partial charge in [-0.3, -0.25) is 4.79 Å². The molecule has 0 aromatic heterocycles. The number of halogens is 2. The predicted molar refractivity (Wildman–Crippen MR) is 69.5 cm³/mol. The Kier molecular flexibility index (Phi) is 3.99. The summed E-state index contributed by atoms with van der Waals surface area (Å²) in [6.07, 6.45) is -0.831. The van der Waals surface area contributed by atoms with Crippen molar-refractivity contribution in [2.24, 2.45) is 0 Å². The highest BCUT2D eigenvalue weighted by atomic mass is 35.5. The molecular weight excluding hydrogens is 293 g/mol. The van der Waals surface area contributed by atoms with Gasteiger partial charge < -0.3 is 15.1 Å². The van der Waals surface area contributed by atoms with E-state index in [4.69, 9.17) is 28.3 Å². The second-order valence-corrected chi connectivity index (χ2v) is 5.09. The van der Waals surface area contributed by atoms with Crippen LogP contribution in [0.4, 0.5) is 0 Å². The molecule has 2 rings (SSSR count). The third-order valence-corrected chi connectivity index (χ3v) is 3.83. The van der Waals surface area contributed by atoms with Gasteiger partial charge in [-0.1, -0.05) is 29.3 Å². The van der Waals surface area contributed by atoms with E-state index in [1.807, 2.05) is 0 Å². The first kappa shape index (κ1) is 14.1. The Morgan fingerprint density at radius 1 is 1.32 bits per heavy atom. The van der Waals surface area contributed by atoms with Crippen LogP contribution in [0.3, 0.4) is 0 Å². The summed E-state index contributed by atoms with van der Waals surface area (Å²) in [5.41, 5.74) is 0.134. The van der Waals surface area contributed by atoms with Crippen molar-refractivity contribution in [1.82, 2.24) is 4.90 Å². The molecule has 0 aliphatic carbocycles. The zero-order valence-corrected chi connectivity index (χ0v) is 11.2. The van der Waals surface area contributed by atoms with E-state index in [2.05, 4.69) is 0 Å². The van der Waals surface area contributed by atoms with Crippen LogP contribution >= 0.6 is 23.2 Å². The summed E-state index contributed by atoms with van der Waals surface area (Å²) in [6.45, 7) is -0.0291. The van der Waals surface area contributed by atoms with Crippen LogP contribution in [0.1, 0.15) is 16.8 Å². The van der Waals surface area contributed by atoms with Crippen LogP contribution in [0.25, 0.3) is 0 Å². The number of hydrogen-bond acceptors (Lipinski definition) is 3. The minimum atomic E-state index is -1.15. The minimum Gasteiger partial charge on any atom is -0.480 e. The van der Waals surface area contributed by atoms with Crippen LogP contribution in [0, 0.1) is 0 Å². The number of carbonyl (C=O) groups is 2. The summed E-state index contributed by atoms with van der Waals surface area (Å²) in [5, 5.41) is 18.9. The summed E-state index contributed by atoms with van der Waals surface area (Å²) in [6, 6.07) is 3.52. The molecule has 0 bridgehead atoms. The fourth-order valence-corrected chi connectivity index (χ4v) is 2.48. The molecule has 1 aromatic carbocycles. The number of amides is 1. The topological polar surface area (TPSA) is 77.8 Å². The lowest BCUT2D eigenvalue weighted by molar-refractivity contribution is -0.141. The Balaban J connectivity index is 2.33. The van der Waals surface area contributed by atoms with Crippen molar-refractivity contribution in [3.05, 3.63) is 33.8 Å². The third kappa shape index (κ3) is 2.68. The molecule has 19 heavy (non-hydrogen) atoms. The maximum absolute atomic E-state index is 12.3. The van der Waals surface area contributed by atoms with Crippen molar-refractivity contribution in [3.63, 3.8) is 0 Å². The zero-order chi connectivity index (χ0) is 14.2. The largest absolute Gasteiger partial charge is 0.480 e. The van der Waals surface area contributed by atoms with E-state index in [-0.39, 0.29) is 28.6 Å². The molecular formula is C12H11Cl2NO4. The SMILES string of the molecule is O=C(O)[C@H]1C[C@@H](O)CN1C(=O)c1cccc(Cl)c1Cl. The maximum atomic E-state index is 12.3. The number of aliphatic carboxylic acids is 1. The first-order valence-corrected chi connectivity index (χ1v) is 6.33. The molecule has 0 saturated carbocycles. The molecule has 0 unspecified atom stereocenters. The predicted octanol–water partition coefficient (Wildman–Crippen LogP) is 1.65. The molecule has 1 aliphatic heterocycles. The van der Waals surface area contributed by atoms with Crippen LogP contribution in [-0.4, -0.2) is 45.7 Å². The number of rotatable bonds is 2. The Bertz CT molecular complexity index is 534. The molecule has 1 aliphatic rings. The van der Waals surface area contributed by atoms with Crippen LogP contribution < -0.4 is 0 Å². The van der Waals surface area contributed by atoms with Gasteiger partial charge in [0.25, 0.3) is 5.91 Å². The number of aliphatic hydroxyl groups is 1. The Labute approximate surface area is 119 Å². The lowest BCUT2D eigenvalue weighted by Crippen LogP contribution is -2.40. The van der Waals surface area contributed by atoms with Gasteiger partial charge >= 0.3 is 5.97 Å². The average molecular weight is 304 g/mol. The molecule has 1 amide bonds. The number of aliphatic hydroxyl groups excluding tert-OH is 1. The normalized spacial score (nSPS) is 22.6. The Morgan fingerprint density at radius 2 is 2.00 bits per heavy atom. The molecule has 0 radical (unpaired) electrons. The van der Waals surface area contributed by atoms with Gasteiger partial charge in [0.1, 0.15) is 6.04 Å². The van der Waals surface area contributed by atoms with Gasteiger partial charge in [0.15, 0.2) is 0 Å². The number of likely N-dealkylation sites (tertiary alicyclic amines) is 1. The van der Waals surface area contributed by atoms with Crippen molar-refractivity contribution in [2.45, 2.75) is 18.6 Å². The van der Waals surface area contributed by atoms with Crippen LogP contribution in [0.15, 0.2) is 18.2 Å². The van der Waals surface area contributed by atoms with E-state index in [0.717, 1.165) is 4.90 Å². The lowest BCUT2D eigenvalue weighted by atomic mass is 10.1. The quantitative estimate of drug-likeness (QED) is 0.871. The van der Waals surface area contributed by atoms with Crippen molar-refractivity contribution in [3.8, 4) is 0 Å². The van der Waals surface area contributed by atoms with Crippen molar-refractivity contribution in [1.29, 1.82) is 0 Å². The van der Waals surface area contributed by atoms with E-state index in [1.165, 1.54) is 12.1 Å². The molecule has 1 heterocycles. The van der Waals surface area contributed by atoms with Crippen molar-refractivity contribution < 1.29 is 19.8 Å². The molecule has 2 N–H and O–H groups in total. The van der Waals surface area contributed by atoms with Crippen LogP contribution in [0.5, 0.6) is 0 Å². The summed E-state index contributed by atoms with van der Waals surface area (Å²) in [7, 11) is 0. The summed E-state index contributed by atoms with van der Waals surface area (Å²) >= 11 is 11.8. The molecule has 0 spiro atoms. The monoisotopic (exact) mass is 303 g/mol. The van der Waals surface area contributed by atoms with Gasteiger partial charge in [0.05, 0.1) is 21.7 Å². The molecule has 2 atom stereocenters. The van der Waals surface area contributed by atoms with E-state index in [1.54, 1.807) is 6.07 Å². The highest BCUT2D eigenvalue weighted by Gasteiger charge is 2.39. The Hall–Kier alpha value is -1.30. The van der Waals surface area contributed by atoms with Gasteiger partial charge in [0.2, 0.25) is 0 Å². The maximum Gasteiger partial charge on any atom is 0.326 e. The third-order valence-electron chi connectivity index (χ3n) is 3.01. The smallest absolute Gasteiger partial charge is 0.326 e. The number of carboxylic acids is 1. The molecule has 102 valence electrons. The second kappa shape index (κ2) is 5.36. The fourth-order valence-electron chi connectivity index (χ4n) is 2.10. The first-order chi connectivity index (χ1) is 8.91. The molecule has 1 saturated heterocycles. The lowest BCUT2D eigenvalue weighted by Gasteiger charge is -2.21. The van der Waals surface area contributed by atoms with E-state index >= 15 is 0 Å². The van der Waals surface area contributed by atoms with E-state index in [9.17, 15) is 14.7 Å². The van der Waals surface area contributed by atoms with Gasteiger partial charge in [-0.05, 0) is 12.1 Å². The second-order valence-electron chi connectivity index (χ2n) is 4.30. The Morgan fingerprint density at radius 3 is 2.63 bits per heavy atom. The summed E-state index contributed by atoms with van der Waals surface area (Å²) < 4.78 is 0. The van der Waals surface area contributed by atoms with Crippen LogP contribution in [-0.2, 0) is 4.79 Å². The fraction of sp³-hybridized carbons (Fsp3) is 0.333. The zero-order valence-electron chi connectivity index (χ0n) is 9.72. The standard InChI is InChI=1S/C12H11Cl2NO4/c13-8-3-1-2-7(10(8)14)11(17)15-5-6(16)4-9(15)12(18)19/h1-3,6,9,16H,4-5H2,(H,18,19)/t6-,9-/m1/s1. The van der Waals surface area contributed by atoms with E-state index < -0.39 is 24.0 Å². The van der Waals surface area contributed by atoms with Gasteiger partial charge in [-0.25, -0.2) is 4.79 Å². The van der Waals surface area contributed by atoms with Crippen molar-refractivity contribution >= 4 is 35.1 Å². The molecule has 1 aromatic rings. The average Bonchev–Trinajstić information content (AvgIpc) is 2.74. The minimum absolute atomic E-state index is 0.0132. The number of nitrogens with zero attached hydrogens (tertiary/aromatic N) is 1. The molecule has 7 heteroatoms. The first-order valence-electron chi connectivity index (χ1n) is 5.57. The number of carboxylic acid groups (broad SMARTS) is 1. The van der Waals surface area contributed by atoms with Gasteiger partial charge in [-0.2, -0.15) is 0 Å². The van der Waals surface area contributed by atoms with Crippen molar-refractivity contribution in [2.75, 3.05) is 6.54 Å². The number of benzene rings is 1. The molecule has 5 nitrogen and oxygen atoms in total. The van der Waals surface area contributed by atoms with E-state index in [0.29, 0.717) is 0 Å². The molecule has 1 fully saturated rings. The van der Waals surface area contributed by atoms with Crippen LogP contribution in [0.2, 0.25) is 10.0 Å².